The lowest BCUT2D eigenvalue weighted by Gasteiger charge is -2.30. The predicted octanol–water partition coefficient (Wildman–Crippen LogP) is 3.13. The number of nitrogens with zero attached hydrogens (tertiary/aromatic N) is 1. The summed E-state index contributed by atoms with van der Waals surface area (Å²) in [6.07, 6.45) is 6.46. The molecule has 0 radical (unpaired) electrons. The van der Waals surface area contributed by atoms with Gasteiger partial charge in [-0.15, -0.1) is 0 Å². The molecular weight excluding hydrogens is 376 g/mol. The van der Waals surface area contributed by atoms with Gasteiger partial charge in [0, 0.05) is 18.3 Å². The molecule has 6 heteroatoms. The number of amides is 1. The Morgan fingerprint density at radius 3 is 2.67 bits per heavy atom. The Morgan fingerprint density at radius 1 is 1.37 bits per heavy atom. The molecule has 2 rings (SSSR count). The highest BCUT2D eigenvalue weighted by molar-refractivity contribution is 5.78. The lowest BCUT2D eigenvalue weighted by molar-refractivity contribution is -0.121. The number of carbonyl (C=O) groups excluding carboxylic acids is 1. The molecule has 1 aromatic rings. The first-order chi connectivity index (χ1) is 14.2. The lowest BCUT2D eigenvalue weighted by Crippen LogP contribution is -2.39. The maximum absolute atomic E-state index is 13.4. The number of hydrogen-bond donors (Lipinski definition) is 3. The van der Waals surface area contributed by atoms with Gasteiger partial charge < -0.3 is 16.4 Å². The summed E-state index contributed by atoms with van der Waals surface area (Å²) in [5, 5.41) is 6.14. The maximum atomic E-state index is 13.4. The number of nitrogens with one attached hydrogen (secondary N) is 2. The zero-order chi connectivity index (χ0) is 22.4. The molecule has 0 bridgehead atoms. The number of pyridine rings is 1. The van der Waals surface area contributed by atoms with Gasteiger partial charge in [0.1, 0.15) is 12.2 Å². The highest BCUT2D eigenvalue weighted by Crippen LogP contribution is 2.28. The number of carbonyl (C=O) groups is 1. The Labute approximate surface area is 178 Å². The van der Waals surface area contributed by atoms with Gasteiger partial charge in [0.2, 0.25) is 5.91 Å². The maximum Gasteiger partial charge on any atom is 0.275 e. The van der Waals surface area contributed by atoms with Gasteiger partial charge in [-0.3, -0.25) is 14.2 Å². The van der Waals surface area contributed by atoms with E-state index in [1.54, 1.807) is 12.2 Å². The summed E-state index contributed by atoms with van der Waals surface area (Å²) < 4.78 is 1.44. The normalized spacial score (nSPS) is 15.7. The second kappa shape index (κ2) is 9.96. The van der Waals surface area contributed by atoms with Crippen LogP contribution in [0.1, 0.15) is 31.5 Å². The lowest BCUT2D eigenvalue weighted by atomic mass is 9.91. The van der Waals surface area contributed by atoms with E-state index in [2.05, 4.69) is 50.8 Å². The summed E-state index contributed by atoms with van der Waals surface area (Å²) in [4.78, 5) is 25.9. The zero-order valence-electron chi connectivity index (χ0n) is 18.0. The predicted molar refractivity (Wildman–Crippen MR) is 125 cm³/mol. The Bertz CT molecular complexity index is 966. The van der Waals surface area contributed by atoms with E-state index in [0.29, 0.717) is 34.1 Å². The minimum absolute atomic E-state index is 0.138. The molecular formula is C24H32N4O2. The van der Waals surface area contributed by atoms with Crippen molar-refractivity contribution in [2.45, 2.75) is 39.3 Å². The summed E-state index contributed by atoms with van der Waals surface area (Å²) in [5.41, 5.74) is 9.34. The molecule has 1 unspecified atom stereocenters. The monoisotopic (exact) mass is 408 g/mol. The number of anilines is 1. The van der Waals surface area contributed by atoms with Crippen molar-refractivity contribution in [3.63, 3.8) is 0 Å². The summed E-state index contributed by atoms with van der Waals surface area (Å²) in [5.74, 6) is 0.0928. The van der Waals surface area contributed by atoms with Gasteiger partial charge in [0.15, 0.2) is 0 Å². The number of aromatic nitrogens is 1. The molecule has 0 saturated carbocycles. The zero-order valence-corrected chi connectivity index (χ0v) is 18.0. The first kappa shape index (κ1) is 23.0. The number of rotatable bonds is 9. The smallest absolute Gasteiger partial charge is 0.275 e. The van der Waals surface area contributed by atoms with Crippen LogP contribution in [0.15, 0.2) is 66.7 Å². The summed E-state index contributed by atoms with van der Waals surface area (Å²) in [6, 6.07) is 2.14. The Hall–Kier alpha value is -3.28. The van der Waals surface area contributed by atoms with Gasteiger partial charge in [0.05, 0.1) is 5.69 Å². The van der Waals surface area contributed by atoms with Crippen LogP contribution in [0.3, 0.4) is 0 Å². The fourth-order valence-electron chi connectivity index (χ4n) is 3.36. The molecule has 1 aliphatic heterocycles. The van der Waals surface area contributed by atoms with Crippen LogP contribution >= 0.6 is 0 Å². The van der Waals surface area contributed by atoms with Crippen molar-refractivity contribution in [3.8, 4) is 0 Å². The minimum atomic E-state index is -0.300. The molecule has 6 nitrogen and oxygen atoms in total. The first-order valence-electron chi connectivity index (χ1n) is 10.1. The number of allylic oxidation sites excluding steroid dienone is 3. The van der Waals surface area contributed by atoms with Gasteiger partial charge in [-0.2, -0.15) is 0 Å². The largest absolute Gasteiger partial charge is 0.399 e. The third-order valence-corrected chi connectivity index (χ3v) is 5.25. The van der Waals surface area contributed by atoms with Crippen molar-refractivity contribution < 1.29 is 4.79 Å². The molecule has 1 aliphatic rings. The van der Waals surface area contributed by atoms with Crippen LogP contribution in [0.25, 0.3) is 5.57 Å². The van der Waals surface area contributed by atoms with Crippen LogP contribution < -0.4 is 21.9 Å². The Balaban J connectivity index is 2.48. The summed E-state index contributed by atoms with van der Waals surface area (Å²) >= 11 is 0. The van der Waals surface area contributed by atoms with E-state index in [4.69, 9.17) is 5.73 Å². The Kier molecular flexibility index (Phi) is 7.64. The molecule has 2 heterocycles. The number of fused-ring (bicyclic) bond motifs is 1. The third kappa shape index (κ3) is 5.41. The van der Waals surface area contributed by atoms with Crippen molar-refractivity contribution in [2.24, 2.45) is 11.7 Å². The highest BCUT2D eigenvalue weighted by Gasteiger charge is 2.25. The van der Waals surface area contributed by atoms with Crippen molar-refractivity contribution in [1.29, 1.82) is 0 Å². The molecule has 0 spiro atoms. The molecule has 0 fully saturated rings. The number of nitrogens with two attached hydrogens (primary N) is 1. The molecule has 1 amide bonds. The van der Waals surface area contributed by atoms with Crippen LogP contribution in [0.5, 0.6) is 0 Å². The van der Waals surface area contributed by atoms with Crippen LogP contribution in [-0.4, -0.2) is 23.1 Å². The number of aryl methyl sites for hydroxylation is 1. The molecule has 4 N–H and O–H groups in total. The van der Waals surface area contributed by atoms with Crippen molar-refractivity contribution >= 4 is 17.2 Å². The second-order valence-electron chi connectivity index (χ2n) is 7.87. The fraction of sp³-hybridized carbons (Fsp3) is 0.333. The van der Waals surface area contributed by atoms with Gasteiger partial charge >= 0.3 is 0 Å². The van der Waals surface area contributed by atoms with Crippen molar-refractivity contribution in [1.82, 2.24) is 9.88 Å². The van der Waals surface area contributed by atoms with E-state index >= 15 is 0 Å². The van der Waals surface area contributed by atoms with E-state index in [1.807, 2.05) is 6.07 Å². The summed E-state index contributed by atoms with van der Waals surface area (Å²) in [7, 11) is 0. The topological polar surface area (TPSA) is 89.2 Å². The SMILES string of the molecule is C=CC(=C)CNC(=O)Cn1c(C(=C)/C=C(/N)C=C)cc2c(c1=O)NC(C(C)C)CC2. The number of hydrogen-bond acceptors (Lipinski definition) is 4. The summed E-state index contributed by atoms with van der Waals surface area (Å²) in [6.45, 7) is 19.5. The van der Waals surface area contributed by atoms with Crippen molar-refractivity contribution in [3.05, 3.63) is 83.5 Å². The van der Waals surface area contributed by atoms with E-state index < -0.39 is 0 Å². The quantitative estimate of drug-likeness (QED) is 0.548. The average molecular weight is 409 g/mol. The van der Waals surface area contributed by atoms with Gasteiger partial charge in [-0.05, 0) is 53.7 Å². The minimum Gasteiger partial charge on any atom is -0.399 e. The van der Waals surface area contributed by atoms with E-state index in [0.717, 1.165) is 18.4 Å². The molecule has 160 valence electrons. The van der Waals surface area contributed by atoms with Gasteiger partial charge in [-0.1, -0.05) is 46.2 Å². The highest BCUT2D eigenvalue weighted by atomic mass is 16.2. The molecule has 0 aromatic carbocycles. The standard InChI is InChI=1S/C24H32N4O2/c1-7-16(5)13-26-22(29)14-28-21(17(6)11-19(25)8-2)12-18-9-10-20(15(3)4)27-23(18)24(28)30/h7-8,11-12,15,20,27H,1-2,5-6,9-10,13-14,25H2,3-4H3,(H,26,29)/b19-11+. The molecule has 1 atom stereocenters. The molecule has 0 saturated heterocycles. The van der Waals surface area contributed by atoms with Gasteiger partial charge in [0.25, 0.3) is 5.56 Å². The third-order valence-electron chi connectivity index (χ3n) is 5.25. The Morgan fingerprint density at radius 2 is 2.07 bits per heavy atom. The molecule has 1 aromatic heterocycles. The average Bonchev–Trinajstić information content (AvgIpc) is 2.73. The van der Waals surface area contributed by atoms with E-state index in [-0.39, 0.29) is 30.6 Å². The molecule has 30 heavy (non-hydrogen) atoms. The fourth-order valence-corrected chi connectivity index (χ4v) is 3.36. The second-order valence-corrected chi connectivity index (χ2v) is 7.87. The molecule has 0 aliphatic carbocycles. The van der Waals surface area contributed by atoms with Crippen LogP contribution in [0.2, 0.25) is 0 Å². The van der Waals surface area contributed by atoms with Crippen LogP contribution in [0.4, 0.5) is 5.69 Å². The van der Waals surface area contributed by atoms with Crippen LogP contribution in [0, 0.1) is 5.92 Å². The van der Waals surface area contributed by atoms with E-state index in [9.17, 15) is 9.59 Å². The van der Waals surface area contributed by atoms with Crippen molar-refractivity contribution in [2.75, 3.05) is 11.9 Å². The van der Waals surface area contributed by atoms with Gasteiger partial charge in [-0.25, -0.2) is 0 Å². The van der Waals surface area contributed by atoms with E-state index in [1.165, 1.54) is 10.6 Å². The first-order valence-corrected chi connectivity index (χ1v) is 10.1. The van der Waals surface area contributed by atoms with Crippen LogP contribution in [-0.2, 0) is 17.8 Å².